The molecule has 0 aromatic heterocycles. The van der Waals surface area contributed by atoms with Gasteiger partial charge >= 0.3 is 5.97 Å². The number of hydrogen-bond donors (Lipinski definition) is 0. The number of nitriles is 1. The largest absolute Gasteiger partial charge is 0.460 e. The summed E-state index contributed by atoms with van der Waals surface area (Å²) in [6.07, 6.45) is 2.30. The number of rotatable bonds is 8. The highest BCUT2D eigenvalue weighted by Crippen LogP contribution is 2.10. The summed E-state index contributed by atoms with van der Waals surface area (Å²) in [5.41, 5.74) is 1.15. The molecule has 0 atom stereocenters. The molecule has 0 radical (unpaired) electrons. The third kappa shape index (κ3) is 5.54. The van der Waals surface area contributed by atoms with Crippen LogP contribution in [0.4, 0.5) is 0 Å². The average Bonchev–Trinajstić information content (AvgIpc) is 2.43. The molecule has 0 saturated heterocycles. The fourth-order valence-electron chi connectivity index (χ4n) is 1.58. The second kappa shape index (κ2) is 9.12. The van der Waals surface area contributed by atoms with Crippen molar-refractivity contribution in [3.8, 4) is 6.07 Å². The third-order valence-electron chi connectivity index (χ3n) is 2.61. The lowest BCUT2D eigenvalue weighted by Crippen LogP contribution is -2.13. The minimum absolute atomic E-state index is 0.207. The molecule has 4 nitrogen and oxygen atoms in total. The summed E-state index contributed by atoms with van der Waals surface area (Å²) in [5, 5.41) is 8.70. The van der Waals surface area contributed by atoms with Crippen LogP contribution in [-0.4, -0.2) is 25.8 Å². The Morgan fingerprint density at radius 1 is 1.26 bits per heavy atom. The molecule has 0 unspecified atom stereocenters. The van der Waals surface area contributed by atoms with Crippen molar-refractivity contribution < 1.29 is 14.3 Å². The van der Waals surface area contributed by atoms with Gasteiger partial charge in [0.15, 0.2) is 0 Å². The van der Waals surface area contributed by atoms with Gasteiger partial charge in [0.2, 0.25) is 0 Å². The smallest absolute Gasteiger partial charge is 0.338 e. The molecule has 0 heterocycles. The van der Waals surface area contributed by atoms with Crippen molar-refractivity contribution in [1.82, 2.24) is 0 Å². The summed E-state index contributed by atoms with van der Waals surface area (Å²) in [6.45, 7) is 3.43. The van der Waals surface area contributed by atoms with Crippen molar-refractivity contribution in [2.75, 3.05) is 19.8 Å². The first-order valence-electron chi connectivity index (χ1n) is 6.49. The molecule has 0 aliphatic heterocycles. The van der Waals surface area contributed by atoms with Crippen LogP contribution < -0.4 is 0 Å². The number of ether oxygens (including phenoxy) is 2. The van der Waals surface area contributed by atoms with Gasteiger partial charge in [-0.1, -0.05) is 31.5 Å². The molecule has 0 spiro atoms. The van der Waals surface area contributed by atoms with Crippen LogP contribution in [0.25, 0.3) is 0 Å². The van der Waals surface area contributed by atoms with Gasteiger partial charge < -0.3 is 9.47 Å². The molecular formula is C15H19NO3. The van der Waals surface area contributed by atoms with Crippen molar-refractivity contribution in [2.24, 2.45) is 0 Å². The molecule has 0 fully saturated rings. The monoisotopic (exact) mass is 261 g/mol. The van der Waals surface area contributed by atoms with Gasteiger partial charge in [0.1, 0.15) is 6.61 Å². The quantitative estimate of drug-likeness (QED) is 0.533. The van der Waals surface area contributed by atoms with Crippen LogP contribution in [0.3, 0.4) is 0 Å². The van der Waals surface area contributed by atoms with E-state index in [1.54, 1.807) is 24.3 Å². The van der Waals surface area contributed by atoms with Crippen LogP contribution >= 0.6 is 0 Å². The van der Waals surface area contributed by atoms with Gasteiger partial charge in [-0.3, -0.25) is 0 Å². The molecule has 1 rings (SSSR count). The Hall–Kier alpha value is -1.86. The average molecular weight is 261 g/mol. The number of nitrogens with zero attached hydrogens (tertiary/aromatic N) is 1. The lowest BCUT2D eigenvalue weighted by molar-refractivity contribution is 0.0313. The second-order valence-corrected chi connectivity index (χ2v) is 4.09. The van der Waals surface area contributed by atoms with Gasteiger partial charge in [-0.25, -0.2) is 4.79 Å². The maximum absolute atomic E-state index is 11.8. The van der Waals surface area contributed by atoms with E-state index in [0.717, 1.165) is 12.8 Å². The highest BCUT2D eigenvalue weighted by atomic mass is 16.6. The van der Waals surface area contributed by atoms with Crippen LogP contribution in [0.15, 0.2) is 24.3 Å². The van der Waals surface area contributed by atoms with Gasteiger partial charge in [-0.2, -0.15) is 5.26 Å². The highest BCUT2D eigenvalue weighted by molar-refractivity contribution is 5.91. The van der Waals surface area contributed by atoms with Crippen molar-refractivity contribution >= 4 is 5.97 Å². The second-order valence-electron chi connectivity index (χ2n) is 4.09. The third-order valence-corrected chi connectivity index (χ3v) is 2.61. The van der Waals surface area contributed by atoms with E-state index in [9.17, 15) is 4.79 Å². The Balaban J connectivity index is 2.39. The predicted octanol–water partition coefficient (Wildman–Crippen LogP) is 2.73. The van der Waals surface area contributed by atoms with Gasteiger partial charge in [0.25, 0.3) is 0 Å². The fourth-order valence-corrected chi connectivity index (χ4v) is 1.58. The predicted molar refractivity (Wildman–Crippen MR) is 71.8 cm³/mol. The molecule has 0 aliphatic carbocycles. The van der Waals surface area contributed by atoms with E-state index in [0.29, 0.717) is 24.3 Å². The zero-order valence-electron chi connectivity index (χ0n) is 11.2. The SMILES string of the molecule is CCCCOCCOC(=O)c1ccccc1CC#N. The van der Waals surface area contributed by atoms with E-state index in [1.165, 1.54) is 0 Å². The summed E-state index contributed by atoms with van der Waals surface area (Å²) in [5.74, 6) is -0.398. The molecule has 0 bridgehead atoms. The lowest BCUT2D eigenvalue weighted by Gasteiger charge is -2.08. The number of hydrogen-bond acceptors (Lipinski definition) is 4. The van der Waals surface area contributed by atoms with Crippen LogP contribution in [0, 0.1) is 11.3 Å². The van der Waals surface area contributed by atoms with Crippen molar-refractivity contribution in [2.45, 2.75) is 26.2 Å². The topological polar surface area (TPSA) is 59.3 Å². The van der Waals surface area contributed by atoms with Crippen molar-refractivity contribution in [3.63, 3.8) is 0 Å². The minimum atomic E-state index is -0.398. The summed E-state index contributed by atoms with van der Waals surface area (Å²) in [6, 6.07) is 9.03. The first-order chi connectivity index (χ1) is 9.29. The summed E-state index contributed by atoms with van der Waals surface area (Å²) >= 11 is 0. The van der Waals surface area contributed by atoms with E-state index in [2.05, 4.69) is 6.92 Å². The normalized spacial score (nSPS) is 9.89. The van der Waals surface area contributed by atoms with Crippen LogP contribution in [-0.2, 0) is 15.9 Å². The van der Waals surface area contributed by atoms with E-state index < -0.39 is 5.97 Å². The zero-order valence-corrected chi connectivity index (χ0v) is 11.2. The van der Waals surface area contributed by atoms with Crippen molar-refractivity contribution in [3.05, 3.63) is 35.4 Å². The lowest BCUT2D eigenvalue weighted by atomic mass is 10.1. The van der Waals surface area contributed by atoms with E-state index >= 15 is 0 Å². The molecule has 0 amide bonds. The maximum Gasteiger partial charge on any atom is 0.338 e. The zero-order chi connectivity index (χ0) is 13.9. The van der Waals surface area contributed by atoms with Gasteiger partial charge in [0, 0.05) is 6.61 Å². The minimum Gasteiger partial charge on any atom is -0.460 e. The Bertz CT molecular complexity index is 437. The molecule has 1 aromatic carbocycles. The summed E-state index contributed by atoms with van der Waals surface area (Å²) in [7, 11) is 0. The summed E-state index contributed by atoms with van der Waals surface area (Å²) in [4.78, 5) is 11.8. The first-order valence-corrected chi connectivity index (χ1v) is 6.49. The molecule has 0 saturated carbocycles. The number of benzene rings is 1. The summed E-state index contributed by atoms with van der Waals surface area (Å²) < 4.78 is 10.4. The Labute approximate surface area is 113 Å². The number of unbranched alkanes of at least 4 members (excludes halogenated alkanes) is 1. The van der Waals surface area contributed by atoms with Crippen LogP contribution in [0.2, 0.25) is 0 Å². The standard InChI is InChI=1S/C15H19NO3/c1-2-3-10-18-11-12-19-15(17)14-7-5-4-6-13(14)8-9-16/h4-7H,2-3,8,10-12H2,1H3. The molecule has 0 aliphatic rings. The van der Waals surface area contributed by atoms with E-state index in [-0.39, 0.29) is 13.0 Å². The van der Waals surface area contributed by atoms with Crippen LogP contribution in [0.1, 0.15) is 35.7 Å². The first kappa shape index (κ1) is 15.2. The van der Waals surface area contributed by atoms with E-state index in [1.807, 2.05) is 6.07 Å². The fraction of sp³-hybridized carbons (Fsp3) is 0.467. The number of carbonyl (C=O) groups excluding carboxylic acids is 1. The Morgan fingerprint density at radius 2 is 2.05 bits per heavy atom. The van der Waals surface area contributed by atoms with Crippen molar-refractivity contribution in [1.29, 1.82) is 5.26 Å². The van der Waals surface area contributed by atoms with Gasteiger partial charge in [-0.05, 0) is 18.1 Å². The number of esters is 1. The Morgan fingerprint density at radius 3 is 2.79 bits per heavy atom. The highest BCUT2D eigenvalue weighted by Gasteiger charge is 2.11. The van der Waals surface area contributed by atoms with Gasteiger partial charge in [0.05, 0.1) is 24.7 Å². The molecular weight excluding hydrogens is 242 g/mol. The van der Waals surface area contributed by atoms with Gasteiger partial charge in [-0.15, -0.1) is 0 Å². The molecule has 19 heavy (non-hydrogen) atoms. The maximum atomic E-state index is 11.8. The number of carbonyl (C=O) groups is 1. The molecule has 1 aromatic rings. The molecule has 4 heteroatoms. The van der Waals surface area contributed by atoms with Crippen LogP contribution in [0.5, 0.6) is 0 Å². The Kier molecular flexibility index (Phi) is 7.30. The molecule has 0 N–H and O–H groups in total. The van der Waals surface area contributed by atoms with E-state index in [4.69, 9.17) is 14.7 Å². The molecule has 102 valence electrons.